The summed E-state index contributed by atoms with van der Waals surface area (Å²) in [5.41, 5.74) is 7.49. The number of unbranched alkanes of at least 4 members (excludes halogenated alkanes) is 4. The Morgan fingerprint density at radius 2 is 2.00 bits per heavy atom. The van der Waals surface area contributed by atoms with Crippen LogP contribution >= 0.6 is 0 Å². The zero-order valence-corrected chi connectivity index (χ0v) is 12.1. The molecule has 106 valence electrons. The summed E-state index contributed by atoms with van der Waals surface area (Å²) >= 11 is 0. The fraction of sp³-hybridized carbons (Fsp3) is 0.647. The number of benzene rings is 1. The topological polar surface area (TPSA) is 35.2 Å². The molecular weight excluding hydrogens is 234 g/mol. The van der Waals surface area contributed by atoms with Crippen LogP contribution in [0.4, 0.5) is 0 Å². The van der Waals surface area contributed by atoms with Gasteiger partial charge in [-0.25, -0.2) is 0 Å². The van der Waals surface area contributed by atoms with E-state index < -0.39 is 0 Å². The van der Waals surface area contributed by atoms with Crippen molar-refractivity contribution in [1.82, 2.24) is 0 Å². The summed E-state index contributed by atoms with van der Waals surface area (Å²) in [6.07, 6.45) is 10.5. The number of rotatable bonds is 9. The van der Waals surface area contributed by atoms with Crippen molar-refractivity contribution < 1.29 is 4.74 Å². The Bertz CT molecular complexity index is 373. The first-order valence-corrected chi connectivity index (χ1v) is 7.82. The lowest BCUT2D eigenvalue weighted by atomic mass is 10.0. The van der Waals surface area contributed by atoms with Gasteiger partial charge < -0.3 is 10.5 Å². The molecule has 2 heteroatoms. The molecule has 1 unspecified atom stereocenters. The first-order chi connectivity index (χ1) is 9.29. The van der Waals surface area contributed by atoms with Gasteiger partial charge in [0.15, 0.2) is 0 Å². The Morgan fingerprint density at radius 3 is 2.74 bits per heavy atom. The number of hydrogen-bond acceptors (Lipinski definition) is 2. The van der Waals surface area contributed by atoms with Crippen LogP contribution in [0.2, 0.25) is 0 Å². The van der Waals surface area contributed by atoms with Gasteiger partial charge >= 0.3 is 0 Å². The molecule has 0 amide bonds. The zero-order valence-electron chi connectivity index (χ0n) is 12.1. The molecule has 1 aliphatic carbocycles. The Labute approximate surface area is 117 Å². The van der Waals surface area contributed by atoms with Gasteiger partial charge in [0.2, 0.25) is 0 Å². The average molecular weight is 261 g/mol. The van der Waals surface area contributed by atoms with Crippen LogP contribution in [0.15, 0.2) is 24.3 Å². The summed E-state index contributed by atoms with van der Waals surface area (Å²) in [5, 5.41) is 0. The lowest BCUT2D eigenvalue weighted by Gasteiger charge is -2.13. The highest BCUT2D eigenvalue weighted by Gasteiger charge is 2.23. The highest BCUT2D eigenvalue weighted by molar-refractivity contribution is 5.30. The van der Waals surface area contributed by atoms with Gasteiger partial charge in [-0.3, -0.25) is 0 Å². The van der Waals surface area contributed by atoms with E-state index in [-0.39, 0.29) is 6.04 Å². The first kappa shape index (κ1) is 14.4. The van der Waals surface area contributed by atoms with Crippen molar-refractivity contribution in [3.05, 3.63) is 29.8 Å². The van der Waals surface area contributed by atoms with Crippen molar-refractivity contribution in [2.75, 3.05) is 0 Å². The van der Waals surface area contributed by atoms with Crippen LogP contribution in [-0.2, 0) is 0 Å². The quantitative estimate of drug-likeness (QED) is 0.660. The SMILES string of the molecule is CCCCCCCC(N)c1cccc(OC2CC2)c1. The Hall–Kier alpha value is -1.02. The normalized spacial score (nSPS) is 16.3. The van der Waals surface area contributed by atoms with Gasteiger partial charge in [-0.1, -0.05) is 51.2 Å². The molecule has 0 aromatic heterocycles. The van der Waals surface area contributed by atoms with E-state index in [0.29, 0.717) is 6.10 Å². The standard InChI is InChI=1S/C17H27NO/c1-2-3-4-5-6-10-17(18)14-8-7-9-16(13-14)19-15-11-12-15/h7-9,13,15,17H,2-6,10-12,18H2,1H3. The van der Waals surface area contributed by atoms with Crippen LogP contribution in [0, 0.1) is 0 Å². The second kappa shape index (κ2) is 7.54. The first-order valence-electron chi connectivity index (χ1n) is 7.82. The van der Waals surface area contributed by atoms with Gasteiger partial charge in [-0.05, 0) is 37.0 Å². The molecule has 19 heavy (non-hydrogen) atoms. The molecule has 1 aromatic carbocycles. The molecule has 0 saturated heterocycles. The molecule has 2 N–H and O–H groups in total. The summed E-state index contributed by atoms with van der Waals surface area (Å²) in [4.78, 5) is 0. The smallest absolute Gasteiger partial charge is 0.120 e. The van der Waals surface area contributed by atoms with E-state index in [1.165, 1.54) is 50.5 Å². The molecule has 2 rings (SSSR count). The predicted molar refractivity (Wildman–Crippen MR) is 80.4 cm³/mol. The minimum atomic E-state index is 0.157. The molecule has 1 aliphatic rings. The minimum absolute atomic E-state index is 0.157. The van der Waals surface area contributed by atoms with Gasteiger partial charge in [0.1, 0.15) is 5.75 Å². The Morgan fingerprint density at radius 1 is 1.21 bits per heavy atom. The average Bonchev–Trinajstić information content (AvgIpc) is 3.22. The summed E-state index contributed by atoms with van der Waals surface area (Å²) in [7, 11) is 0. The third kappa shape index (κ3) is 5.23. The largest absolute Gasteiger partial charge is 0.490 e. The number of ether oxygens (including phenoxy) is 1. The molecule has 0 bridgehead atoms. The van der Waals surface area contributed by atoms with Gasteiger partial charge in [-0.15, -0.1) is 0 Å². The van der Waals surface area contributed by atoms with Crippen LogP contribution < -0.4 is 10.5 Å². The van der Waals surface area contributed by atoms with Crippen molar-refractivity contribution in [3.8, 4) is 5.75 Å². The second-order valence-corrected chi connectivity index (χ2v) is 5.70. The zero-order chi connectivity index (χ0) is 13.5. The van der Waals surface area contributed by atoms with Crippen molar-refractivity contribution in [1.29, 1.82) is 0 Å². The van der Waals surface area contributed by atoms with E-state index in [9.17, 15) is 0 Å². The molecule has 1 atom stereocenters. The highest BCUT2D eigenvalue weighted by Crippen LogP contribution is 2.28. The van der Waals surface area contributed by atoms with Crippen LogP contribution in [0.1, 0.15) is 69.9 Å². The van der Waals surface area contributed by atoms with E-state index >= 15 is 0 Å². The third-order valence-electron chi connectivity index (χ3n) is 3.73. The maximum atomic E-state index is 6.27. The van der Waals surface area contributed by atoms with Gasteiger partial charge in [0.25, 0.3) is 0 Å². The predicted octanol–water partition coefficient (Wildman–Crippen LogP) is 4.59. The van der Waals surface area contributed by atoms with Crippen LogP contribution in [-0.4, -0.2) is 6.10 Å². The van der Waals surface area contributed by atoms with Crippen LogP contribution in [0.5, 0.6) is 5.75 Å². The van der Waals surface area contributed by atoms with Crippen molar-refractivity contribution in [2.24, 2.45) is 5.73 Å². The summed E-state index contributed by atoms with van der Waals surface area (Å²) in [5.74, 6) is 0.987. The molecular formula is C17H27NO. The molecule has 0 spiro atoms. The number of nitrogens with two attached hydrogens (primary N) is 1. The lowest BCUT2D eigenvalue weighted by Crippen LogP contribution is -2.10. The van der Waals surface area contributed by atoms with Crippen molar-refractivity contribution in [3.63, 3.8) is 0 Å². The Balaban J connectivity index is 1.75. The van der Waals surface area contributed by atoms with Crippen molar-refractivity contribution >= 4 is 0 Å². The van der Waals surface area contributed by atoms with E-state index in [0.717, 1.165) is 12.2 Å². The Kier molecular flexibility index (Phi) is 5.71. The highest BCUT2D eigenvalue weighted by atomic mass is 16.5. The number of hydrogen-bond donors (Lipinski definition) is 1. The van der Waals surface area contributed by atoms with E-state index in [4.69, 9.17) is 10.5 Å². The fourth-order valence-electron chi connectivity index (χ4n) is 2.33. The van der Waals surface area contributed by atoms with Crippen LogP contribution in [0.3, 0.4) is 0 Å². The van der Waals surface area contributed by atoms with Gasteiger partial charge in [0, 0.05) is 6.04 Å². The van der Waals surface area contributed by atoms with E-state index in [1.807, 2.05) is 6.07 Å². The summed E-state index contributed by atoms with van der Waals surface area (Å²) in [6.45, 7) is 2.25. The maximum absolute atomic E-state index is 6.27. The van der Waals surface area contributed by atoms with Gasteiger partial charge in [-0.2, -0.15) is 0 Å². The molecule has 1 fully saturated rings. The lowest BCUT2D eigenvalue weighted by molar-refractivity contribution is 0.302. The fourth-order valence-corrected chi connectivity index (χ4v) is 2.33. The van der Waals surface area contributed by atoms with E-state index in [1.54, 1.807) is 0 Å². The van der Waals surface area contributed by atoms with Crippen molar-refractivity contribution in [2.45, 2.75) is 70.4 Å². The second-order valence-electron chi connectivity index (χ2n) is 5.70. The summed E-state index contributed by atoms with van der Waals surface area (Å²) < 4.78 is 5.82. The third-order valence-corrected chi connectivity index (χ3v) is 3.73. The molecule has 0 radical (unpaired) electrons. The van der Waals surface area contributed by atoms with Gasteiger partial charge in [0.05, 0.1) is 6.10 Å². The van der Waals surface area contributed by atoms with Crippen LogP contribution in [0.25, 0.3) is 0 Å². The monoisotopic (exact) mass is 261 g/mol. The molecule has 0 heterocycles. The molecule has 2 nitrogen and oxygen atoms in total. The minimum Gasteiger partial charge on any atom is -0.490 e. The van der Waals surface area contributed by atoms with E-state index in [2.05, 4.69) is 25.1 Å². The summed E-state index contributed by atoms with van der Waals surface area (Å²) in [6, 6.07) is 8.50. The molecule has 1 saturated carbocycles. The maximum Gasteiger partial charge on any atom is 0.120 e. The molecule has 0 aliphatic heterocycles. The molecule has 1 aromatic rings.